The Hall–Kier alpha value is -0.310. The summed E-state index contributed by atoms with van der Waals surface area (Å²) in [5.41, 5.74) is 5.51. The first kappa shape index (κ1) is 49.8. The molecule has 0 aliphatic heterocycles. The van der Waals surface area contributed by atoms with Gasteiger partial charge in [-0.2, -0.15) is 0 Å². The third kappa shape index (κ3) is 41.9. The molecule has 0 saturated carbocycles. The summed E-state index contributed by atoms with van der Waals surface area (Å²) >= 11 is 0. The van der Waals surface area contributed by atoms with Crippen molar-refractivity contribution in [2.45, 2.75) is 193 Å². The number of quaternary nitrogens is 1. The van der Waals surface area contributed by atoms with Gasteiger partial charge in [0.1, 0.15) is 13.2 Å². The summed E-state index contributed by atoms with van der Waals surface area (Å²) in [5, 5.41) is 18.3. The van der Waals surface area contributed by atoms with Crippen molar-refractivity contribution in [1.82, 2.24) is 0 Å². The van der Waals surface area contributed by atoms with Gasteiger partial charge in [0.15, 0.2) is 0 Å². The van der Waals surface area contributed by atoms with Gasteiger partial charge in [0.2, 0.25) is 0 Å². The number of likely N-dealkylation sites (N-methyl/N-ethyl adjacent to an activating group) is 1. The number of hydrogen-bond donors (Lipinski definition) is 3. The van der Waals surface area contributed by atoms with E-state index in [-0.39, 0.29) is 19.8 Å². The number of phosphoric acid groups is 1. The highest BCUT2D eigenvalue weighted by Crippen LogP contribution is 2.38. The quantitative estimate of drug-likeness (QED) is 0.0259. The molecule has 0 aromatic rings. The third-order valence-corrected chi connectivity index (χ3v) is 9.71. The van der Waals surface area contributed by atoms with Crippen molar-refractivity contribution in [2.24, 2.45) is 5.73 Å². The number of hydrogen-bond acceptors (Lipinski definition) is 7. The lowest BCUT2D eigenvalue weighted by Crippen LogP contribution is -2.37. The number of rotatable bonds is 35. The third-order valence-electron chi connectivity index (χ3n) is 8.72. The average molecular weight is 707 g/mol. The van der Waals surface area contributed by atoms with Crippen LogP contribution in [0.3, 0.4) is 0 Å². The summed E-state index contributed by atoms with van der Waals surface area (Å²) < 4.78 is 22.1. The minimum absolute atomic E-state index is 0.170. The Morgan fingerprint density at radius 3 is 1.38 bits per heavy atom. The van der Waals surface area contributed by atoms with Crippen molar-refractivity contribution in [1.29, 1.82) is 0 Å². The van der Waals surface area contributed by atoms with E-state index >= 15 is 0 Å². The van der Waals surface area contributed by atoms with Gasteiger partial charge in [-0.3, -0.25) is 4.57 Å². The first-order valence-electron chi connectivity index (χ1n) is 20.1. The summed E-state index contributed by atoms with van der Waals surface area (Å²) in [6, 6.07) is -0.557. The molecule has 0 aliphatic rings. The summed E-state index contributed by atoms with van der Waals surface area (Å²) in [6.07, 6.45) is 36.7. The molecule has 0 bridgehead atoms. The lowest BCUT2D eigenvalue weighted by molar-refractivity contribution is -0.870. The Bertz CT molecular complexity index is 719. The zero-order chi connectivity index (χ0) is 36.2. The molecule has 3 atom stereocenters. The smallest absolute Gasteiger partial charge is 0.268 e. The molecule has 4 N–H and O–H groups in total. The van der Waals surface area contributed by atoms with E-state index in [1.54, 1.807) is 6.08 Å². The topological polar surface area (TPSA) is 125 Å². The van der Waals surface area contributed by atoms with Crippen LogP contribution in [0, 0.1) is 0 Å². The second-order valence-electron chi connectivity index (χ2n) is 14.8. The molecular weight excluding hydrogens is 623 g/mol. The standard InChI is InChI=1S/C21H46NO4P.C18H37NO2/c1-5-6-7-8-9-10-11-12-13-14-15-16-17-18-20-25-27(23,24)26-21-19-22(2,3)4;1-2-3-4-5-6-7-8-9-10-11-12-13-14-15-18(21)17(19)16-20/h5-21H2,1-4H3;14-15,17-18,20-21H,2-13,16,19H2,1H3/b;15-14+/t;17-,18+/m.0/s1. The number of nitrogens with two attached hydrogens (primary N) is 1. The molecule has 0 amide bonds. The highest BCUT2D eigenvalue weighted by atomic mass is 31.2. The van der Waals surface area contributed by atoms with E-state index in [0.29, 0.717) is 11.0 Å². The largest absolute Gasteiger partial charge is 0.756 e. The van der Waals surface area contributed by atoms with E-state index < -0.39 is 20.0 Å². The molecule has 0 saturated heterocycles. The Kier molecular flexibility index (Phi) is 37.8. The Balaban J connectivity index is 0. The first-order valence-corrected chi connectivity index (χ1v) is 21.6. The fraction of sp³-hybridized carbons (Fsp3) is 0.949. The summed E-state index contributed by atoms with van der Waals surface area (Å²) in [4.78, 5) is 11.6. The van der Waals surface area contributed by atoms with Gasteiger partial charge in [0, 0.05) is 0 Å². The van der Waals surface area contributed by atoms with E-state index in [9.17, 15) is 14.6 Å². The maximum atomic E-state index is 11.6. The average Bonchev–Trinajstić information content (AvgIpc) is 3.04. The summed E-state index contributed by atoms with van der Waals surface area (Å²) in [6.45, 7) is 5.39. The van der Waals surface area contributed by atoms with E-state index in [1.807, 2.05) is 27.2 Å². The highest BCUT2D eigenvalue weighted by molar-refractivity contribution is 7.45. The van der Waals surface area contributed by atoms with Crippen LogP contribution in [0.15, 0.2) is 12.2 Å². The minimum Gasteiger partial charge on any atom is -0.756 e. The Labute approximate surface area is 298 Å². The fourth-order valence-corrected chi connectivity index (χ4v) is 6.08. The molecule has 0 rings (SSSR count). The highest BCUT2D eigenvalue weighted by Gasteiger charge is 2.13. The van der Waals surface area contributed by atoms with Crippen molar-refractivity contribution < 1.29 is 33.2 Å². The normalized spacial score (nSPS) is 14.5. The molecule has 0 aromatic carbocycles. The van der Waals surface area contributed by atoms with E-state index in [1.165, 1.54) is 141 Å². The fourth-order valence-electron chi connectivity index (χ4n) is 5.35. The second-order valence-corrected chi connectivity index (χ2v) is 16.2. The zero-order valence-electron chi connectivity index (χ0n) is 32.5. The van der Waals surface area contributed by atoms with E-state index in [4.69, 9.17) is 19.9 Å². The van der Waals surface area contributed by atoms with Crippen LogP contribution >= 0.6 is 7.82 Å². The molecule has 0 aliphatic carbocycles. The van der Waals surface area contributed by atoms with E-state index in [0.717, 1.165) is 25.7 Å². The molecule has 290 valence electrons. The maximum absolute atomic E-state index is 11.6. The van der Waals surface area contributed by atoms with Gasteiger partial charge < -0.3 is 34.4 Å². The SMILES string of the molecule is CCCCCCCCCCCCC/C=C/[C@@H](O)[C@@H](N)CO.CCCCCCCCCCCCCCCCOP(=O)([O-])OCC[N+](C)(C)C. The molecule has 0 heterocycles. The number of phosphoric ester groups is 1. The van der Waals surface area contributed by atoms with Gasteiger partial charge in [-0.05, 0) is 19.3 Å². The Morgan fingerprint density at radius 2 is 1.00 bits per heavy atom. The van der Waals surface area contributed by atoms with Crippen molar-refractivity contribution in [2.75, 3.05) is 47.5 Å². The summed E-state index contributed by atoms with van der Waals surface area (Å²) in [5.74, 6) is 0. The predicted molar refractivity (Wildman–Crippen MR) is 204 cm³/mol. The van der Waals surface area contributed by atoms with Gasteiger partial charge >= 0.3 is 0 Å². The van der Waals surface area contributed by atoms with Crippen LogP contribution in [-0.4, -0.2) is 74.4 Å². The van der Waals surface area contributed by atoms with Crippen LogP contribution in [0.1, 0.15) is 181 Å². The van der Waals surface area contributed by atoms with Crippen LogP contribution < -0.4 is 10.6 Å². The second kappa shape index (κ2) is 36.5. The van der Waals surface area contributed by atoms with Gasteiger partial charge in [-0.15, -0.1) is 0 Å². The number of unbranched alkanes of at least 4 members (excludes halogenated alkanes) is 24. The number of nitrogens with zero attached hydrogens (tertiary/aromatic N) is 1. The van der Waals surface area contributed by atoms with Crippen LogP contribution in [0.4, 0.5) is 0 Å². The summed E-state index contributed by atoms with van der Waals surface area (Å²) in [7, 11) is 1.86. The van der Waals surface area contributed by atoms with Crippen molar-refractivity contribution in [3.8, 4) is 0 Å². The lowest BCUT2D eigenvalue weighted by atomic mass is 10.0. The minimum atomic E-state index is -4.13. The molecule has 1 unspecified atom stereocenters. The molecule has 48 heavy (non-hydrogen) atoms. The number of aliphatic hydroxyl groups excluding tert-OH is 2. The van der Waals surface area contributed by atoms with Crippen molar-refractivity contribution >= 4 is 7.82 Å². The van der Waals surface area contributed by atoms with Crippen LogP contribution in [-0.2, 0) is 13.6 Å². The van der Waals surface area contributed by atoms with Gasteiger partial charge in [0.05, 0.1) is 46.5 Å². The number of aliphatic hydroxyl groups is 2. The lowest BCUT2D eigenvalue weighted by Gasteiger charge is -2.27. The van der Waals surface area contributed by atoms with Crippen molar-refractivity contribution in [3.63, 3.8) is 0 Å². The predicted octanol–water partition coefficient (Wildman–Crippen LogP) is 9.60. The molecule has 9 heteroatoms. The van der Waals surface area contributed by atoms with Crippen molar-refractivity contribution in [3.05, 3.63) is 12.2 Å². The molecule has 0 fully saturated rings. The van der Waals surface area contributed by atoms with Gasteiger partial charge in [-0.1, -0.05) is 174 Å². The van der Waals surface area contributed by atoms with Crippen LogP contribution in [0.2, 0.25) is 0 Å². The maximum Gasteiger partial charge on any atom is 0.268 e. The van der Waals surface area contributed by atoms with Crippen LogP contribution in [0.5, 0.6) is 0 Å². The first-order chi connectivity index (χ1) is 23.0. The molecule has 0 radical (unpaired) electrons. The Morgan fingerprint density at radius 1 is 0.646 bits per heavy atom. The van der Waals surface area contributed by atoms with E-state index in [2.05, 4.69) is 13.8 Å². The zero-order valence-corrected chi connectivity index (χ0v) is 33.4. The molecular formula is C39H83N2O6P. The van der Waals surface area contributed by atoms with Gasteiger partial charge in [-0.25, -0.2) is 0 Å². The monoisotopic (exact) mass is 707 g/mol. The molecule has 0 aromatic heterocycles. The van der Waals surface area contributed by atoms with Gasteiger partial charge in [0.25, 0.3) is 7.82 Å². The van der Waals surface area contributed by atoms with Crippen LogP contribution in [0.25, 0.3) is 0 Å². The number of allylic oxidation sites excluding steroid dienone is 1. The molecule has 0 spiro atoms. The molecule has 8 nitrogen and oxygen atoms in total.